The summed E-state index contributed by atoms with van der Waals surface area (Å²) in [4.78, 5) is 28.1. The van der Waals surface area contributed by atoms with Gasteiger partial charge in [0.25, 0.3) is 11.8 Å². The fourth-order valence-corrected chi connectivity index (χ4v) is 2.94. The van der Waals surface area contributed by atoms with E-state index in [0.717, 1.165) is 19.6 Å². The van der Waals surface area contributed by atoms with Gasteiger partial charge in [0, 0.05) is 44.3 Å². The molecule has 0 saturated carbocycles. The van der Waals surface area contributed by atoms with Crippen molar-refractivity contribution in [2.24, 2.45) is 0 Å². The second-order valence-corrected chi connectivity index (χ2v) is 6.63. The number of nitrogens with one attached hydrogen (secondary N) is 1. The zero-order chi connectivity index (χ0) is 19.1. The molecule has 0 spiro atoms. The van der Waals surface area contributed by atoms with Crippen LogP contribution in [-0.4, -0.2) is 67.5 Å². The number of carbonyl (C=O) groups is 2. The van der Waals surface area contributed by atoms with Gasteiger partial charge in [-0.25, -0.2) is 0 Å². The molecule has 144 valence electrons. The first-order valence-electron chi connectivity index (χ1n) is 8.82. The van der Waals surface area contributed by atoms with Crippen LogP contribution in [0.5, 0.6) is 5.75 Å². The van der Waals surface area contributed by atoms with Crippen LogP contribution < -0.4 is 10.1 Å². The van der Waals surface area contributed by atoms with E-state index in [2.05, 4.69) is 10.2 Å². The molecule has 1 N–H and O–H groups in total. The van der Waals surface area contributed by atoms with Gasteiger partial charge in [0.15, 0.2) is 12.4 Å². The van der Waals surface area contributed by atoms with Gasteiger partial charge < -0.3 is 19.4 Å². The van der Waals surface area contributed by atoms with Gasteiger partial charge in [0.05, 0.1) is 6.26 Å². The lowest BCUT2D eigenvalue weighted by Gasteiger charge is -2.34. The van der Waals surface area contributed by atoms with Crippen molar-refractivity contribution < 1.29 is 18.7 Å². The molecule has 8 heteroatoms. The zero-order valence-corrected chi connectivity index (χ0v) is 15.7. The van der Waals surface area contributed by atoms with E-state index in [1.807, 2.05) is 0 Å². The Hall–Kier alpha value is -2.51. The van der Waals surface area contributed by atoms with Crippen LogP contribution >= 0.6 is 11.6 Å². The number of benzene rings is 1. The number of hydrogen-bond donors (Lipinski definition) is 1. The molecule has 2 amide bonds. The molecule has 1 saturated heterocycles. The Balaban J connectivity index is 1.32. The predicted octanol–water partition coefficient (Wildman–Crippen LogP) is 1.89. The van der Waals surface area contributed by atoms with E-state index in [1.54, 1.807) is 41.3 Å². The van der Waals surface area contributed by atoms with Crippen molar-refractivity contribution in [1.82, 2.24) is 15.1 Å². The Morgan fingerprint density at radius 3 is 2.52 bits per heavy atom. The Labute approximate surface area is 162 Å². The first-order valence-corrected chi connectivity index (χ1v) is 9.20. The lowest BCUT2D eigenvalue weighted by atomic mass is 10.3. The average Bonchev–Trinajstić information content (AvgIpc) is 3.23. The molecule has 7 nitrogen and oxygen atoms in total. The van der Waals surface area contributed by atoms with Crippen LogP contribution in [0.15, 0.2) is 47.1 Å². The number of halogens is 1. The normalized spacial score (nSPS) is 14.8. The Bertz CT molecular complexity index is 741. The van der Waals surface area contributed by atoms with Crippen molar-refractivity contribution in [2.45, 2.75) is 0 Å². The van der Waals surface area contributed by atoms with Crippen LogP contribution in [0.2, 0.25) is 5.02 Å². The summed E-state index contributed by atoms with van der Waals surface area (Å²) in [6, 6.07) is 10.2. The highest BCUT2D eigenvalue weighted by Crippen LogP contribution is 2.15. The monoisotopic (exact) mass is 391 g/mol. The number of rotatable bonds is 7. The van der Waals surface area contributed by atoms with Crippen molar-refractivity contribution in [2.75, 3.05) is 45.9 Å². The summed E-state index contributed by atoms with van der Waals surface area (Å²) >= 11 is 5.83. The molecule has 0 bridgehead atoms. The molecular weight excluding hydrogens is 370 g/mol. The summed E-state index contributed by atoms with van der Waals surface area (Å²) in [6.45, 7) is 4.11. The largest absolute Gasteiger partial charge is 0.484 e. The average molecular weight is 392 g/mol. The van der Waals surface area contributed by atoms with Gasteiger partial charge in [-0.05, 0) is 36.4 Å². The van der Waals surface area contributed by atoms with E-state index in [4.69, 9.17) is 20.8 Å². The van der Waals surface area contributed by atoms with Gasteiger partial charge in [0.2, 0.25) is 0 Å². The van der Waals surface area contributed by atoms with E-state index in [9.17, 15) is 9.59 Å². The van der Waals surface area contributed by atoms with Gasteiger partial charge in [0.1, 0.15) is 5.75 Å². The standard InChI is InChI=1S/C19H22ClN3O4/c20-15-3-5-16(6-4-15)27-14-18(24)23-11-9-22(10-12-23)8-7-21-19(25)17-2-1-13-26-17/h1-6,13H,7-12,14H2,(H,21,25). The molecule has 1 aliphatic heterocycles. The van der Waals surface area contributed by atoms with Gasteiger partial charge >= 0.3 is 0 Å². The number of hydrogen-bond acceptors (Lipinski definition) is 5. The van der Waals surface area contributed by atoms with E-state index < -0.39 is 0 Å². The first-order chi connectivity index (χ1) is 13.1. The smallest absolute Gasteiger partial charge is 0.287 e. The Kier molecular flexibility index (Phi) is 6.73. The maximum absolute atomic E-state index is 12.3. The highest BCUT2D eigenvalue weighted by atomic mass is 35.5. The molecule has 1 aliphatic rings. The van der Waals surface area contributed by atoms with Crippen LogP contribution in [0.4, 0.5) is 0 Å². The topological polar surface area (TPSA) is 75.0 Å². The third-order valence-electron chi connectivity index (χ3n) is 4.36. The van der Waals surface area contributed by atoms with E-state index >= 15 is 0 Å². The summed E-state index contributed by atoms with van der Waals surface area (Å²) in [6.07, 6.45) is 1.47. The highest BCUT2D eigenvalue weighted by Gasteiger charge is 2.21. The van der Waals surface area contributed by atoms with Crippen LogP contribution in [0.3, 0.4) is 0 Å². The maximum Gasteiger partial charge on any atom is 0.287 e. The van der Waals surface area contributed by atoms with Crippen LogP contribution in [0.25, 0.3) is 0 Å². The summed E-state index contributed by atoms with van der Waals surface area (Å²) in [7, 11) is 0. The number of furan rings is 1. The van der Waals surface area contributed by atoms with Crippen LogP contribution in [0, 0.1) is 0 Å². The van der Waals surface area contributed by atoms with Crippen molar-refractivity contribution in [3.8, 4) is 5.75 Å². The van der Waals surface area contributed by atoms with Gasteiger partial charge in [-0.1, -0.05) is 11.6 Å². The number of ether oxygens (including phenoxy) is 1. The lowest BCUT2D eigenvalue weighted by Crippen LogP contribution is -2.51. The summed E-state index contributed by atoms with van der Waals surface area (Å²) in [5.74, 6) is 0.689. The molecule has 0 aliphatic carbocycles. The minimum Gasteiger partial charge on any atom is -0.484 e. The second-order valence-electron chi connectivity index (χ2n) is 6.20. The molecule has 27 heavy (non-hydrogen) atoms. The number of carbonyl (C=O) groups excluding carboxylic acids is 2. The Morgan fingerprint density at radius 2 is 1.85 bits per heavy atom. The van der Waals surface area contributed by atoms with Crippen molar-refractivity contribution in [3.05, 3.63) is 53.4 Å². The number of amides is 2. The molecule has 3 rings (SSSR count). The van der Waals surface area contributed by atoms with Gasteiger partial charge in [-0.2, -0.15) is 0 Å². The molecular formula is C19H22ClN3O4. The van der Waals surface area contributed by atoms with Gasteiger partial charge in [-0.15, -0.1) is 0 Å². The van der Waals surface area contributed by atoms with Gasteiger partial charge in [-0.3, -0.25) is 14.5 Å². The Morgan fingerprint density at radius 1 is 1.11 bits per heavy atom. The summed E-state index contributed by atoms with van der Waals surface area (Å²) in [5.41, 5.74) is 0. The maximum atomic E-state index is 12.3. The molecule has 0 unspecified atom stereocenters. The van der Waals surface area contributed by atoms with E-state index in [0.29, 0.717) is 36.2 Å². The third kappa shape index (κ3) is 5.74. The van der Waals surface area contributed by atoms with Crippen molar-refractivity contribution in [1.29, 1.82) is 0 Å². The van der Waals surface area contributed by atoms with Crippen LogP contribution in [0.1, 0.15) is 10.6 Å². The molecule has 0 radical (unpaired) electrons. The third-order valence-corrected chi connectivity index (χ3v) is 4.61. The highest BCUT2D eigenvalue weighted by molar-refractivity contribution is 6.30. The first kappa shape index (κ1) is 19.3. The zero-order valence-electron chi connectivity index (χ0n) is 14.9. The van der Waals surface area contributed by atoms with Crippen molar-refractivity contribution >= 4 is 23.4 Å². The number of piperazine rings is 1. The lowest BCUT2D eigenvalue weighted by molar-refractivity contribution is -0.135. The number of nitrogens with zero attached hydrogens (tertiary/aromatic N) is 2. The fourth-order valence-electron chi connectivity index (χ4n) is 2.81. The minimum absolute atomic E-state index is 0.0147. The van der Waals surface area contributed by atoms with E-state index in [-0.39, 0.29) is 18.4 Å². The molecule has 1 aromatic carbocycles. The molecule has 1 fully saturated rings. The van der Waals surface area contributed by atoms with Crippen molar-refractivity contribution in [3.63, 3.8) is 0 Å². The summed E-state index contributed by atoms with van der Waals surface area (Å²) < 4.78 is 10.6. The second kappa shape index (κ2) is 9.43. The molecule has 2 aromatic rings. The van der Waals surface area contributed by atoms with Crippen LogP contribution in [-0.2, 0) is 4.79 Å². The fraction of sp³-hybridized carbons (Fsp3) is 0.368. The minimum atomic E-state index is -0.215. The molecule has 0 atom stereocenters. The predicted molar refractivity (Wildman–Crippen MR) is 101 cm³/mol. The molecule has 1 aromatic heterocycles. The SMILES string of the molecule is O=C(NCCN1CCN(C(=O)COc2ccc(Cl)cc2)CC1)c1ccco1. The summed E-state index contributed by atoms with van der Waals surface area (Å²) in [5, 5.41) is 3.45. The molecule has 2 heterocycles. The van der Waals surface area contributed by atoms with E-state index in [1.165, 1.54) is 6.26 Å². The quantitative estimate of drug-likeness (QED) is 0.780.